The molecule has 16 heavy (non-hydrogen) atoms. The number of aliphatic hydroxyl groups is 1. The highest BCUT2D eigenvalue weighted by atomic mass is 16.5. The van der Waals surface area contributed by atoms with Crippen LogP contribution in [0.3, 0.4) is 0 Å². The summed E-state index contributed by atoms with van der Waals surface area (Å²) in [5.74, 6) is 4.75. The molecule has 1 aromatic carbocycles. The van der Waals surface area contributed by atoms with Gasteiger partial charge < -0.3 is 9.84 Å². The zero-order chi connectivity index (χ0) is 11.8. The van der Waals surface area contributed by atoms with Crippen molar-refractivity contribution in [2.24, 2.45) is 0 Å². The summed E-state index contributed by atoms with van der Waals surface area (Å²) in [5, 5.41) is 8.60. The lowest BCUT2D eigenvalue weighted by molar-refractivity contribution is 0.0549. The zero-order valence-electron chi connectivity index (χ0n) is 8.77. The fourth-order valence-corrected chi connectivity index (χ4v) is 1.12. The number of hydrogen-bond acceptors (Lipinski definition) is 3. The minimum absolute atomic E-state index is 0.167. The molecule has 1 aromatic rings. The molecule has 3 heteroatoms. The molecular formula is C13H12O3. The summed E-state index contributed by atoms with van der Waals surface area (Å²) in [6.45, 7) is 3.39. The molecule has 0 bridgehead atoms. The molecule has 0 saturated carbocycles. The third kappa shape index (κ3) is 3.26. The standard InChI is InChI=1S/C13H12O3/c1-2-10-16-13(15)12-8-4-3-6-11(12)7-5-9-14/h2-4,6,8,14H,1,9-10H2. The average Bonchev–Trinajstić information content (AvgIpc) is 2.33. The molecule has 0 radical (unpaired) electrons. The number of benzene rings is 1. The predicted molar refractivity (Wildman–Crippen MR) is 60.9 cm³/mol. The summed E-state index contributed by atoms with van der Waals surface area (Å²) < 4.78 is 4.91. The Morgan fingerprint density at radius 2 is 2.25 bits per heavy atom. The quantitative estimate of drug-likeness (QED) is 0.471. The average molecular weight is 216 g/mol. The molecule has 0 aliphatic carbocycles. The van der Waals surface area contributed by atoms with Crippen molar-refractivity contribution in [3.05, 3.63) is 48.0 Å². The monoisotopic (exact) mass is 216 g/mol. The van der Waals surface area contributed by atoms with E-state index in [1.807, 2.05) is 0 Å². The summed E-state index contributed by atoms with van der Waals surface area (Å²) in [6.07, 6.45) is 1.50. The highest BCUT2D eigenvalue weighted by Gasteiger charge is 2.09. The molecule has 3 nitrogen and oxygen atoms in total. The van der Waals surface area contributed by atoms with E-state index in [1.165, 1.54) is 6.08 Å². The van der Waals surface area contributed by atoms with Gasteiger partial charge in [0.2, 0.25) is 0 Å². The normalized spacial score (nSPS) is 8.81. The Morgan fingerprint density at radius 3 is 2.94 bits per heavy atom. The maximum absolute atomic E-state index is 11.6. The van der Waals surface area contributed by atoms with Crippen LogP contribution in [0.4, 0.5) is 0 Å². The van der Waals surface area contributed by atoms with Crippen LogP contribution in [-0.2, 0) is 4.74 Å². The Kier molecular flexibility index (Phi) is 4.84. The zero-order valence-corrected chi connectivity index (χ0v) is 8.77. The first-order valence-electron chi connectivity index (χ1n) is 4.76. The number of rotatable bonds is 3. The Bertz CT molecular complexity index is 438. The van der Waals surface area contributed by atoms with Crippen LogP contribution in [0.25, 0.3) is 0 Å². The lowest BCUT2D eigenvalue weighted by Gasteiger charge is -2.03. The maximum atomic E-state index is 11.6. The van der Waals surface area contributed by atoms with Gasteiger partial charge in [-0.1, -0.05) is 36.6 Å². The first kappa shape index (κ1) is 12.0. The number of carbonyl (C=O) groups excluding carboxylic acids is 1. The summed E-state index contributed by atoms with van der Waals surface area (Å²) in [7, 11) is 0. The van der Waals surface area contributed by atoms with Gasteiger partial charge in [-0.3, -0.25) is 0 Å². The topological polar surface area (TPSA) is 46.5 Å². The number of carbonyl (C=O) groups is 1. The highest BCUT2D eigenvalue weighted by Crippen LogP contribution is 2.08. The van der Waals surface area contributed by atoms with Crippen LogP contribution in [0.2, 0.25) is 0 Å². The summed E-state index contributed by atoms with van der Waals surface area (Å²) in [4.78, 5) is 11.6. The van der Waals surface area contributed by atoms with E-state index in [0.717, 1.165) is 0 Å². The van der Waals surface area contributed by atoms with Crippen LogP contribution in [0, 0.1) is 11.8 Å². The predicted octanol–water partition coefficient (Wildman–Crippen LogP) is 1.37. The van der Waals surface area contributed by atoms with Gasteiger partial charge in [-0.05, 0) is 12.1 Å². The SMILES string of the molecule is C=CCOC(=O)c1ccccc1C#CCO. The van der Waals surface area contributed by atoms with Gasteiger partial charge in [0.05, 0.1) is 5.56 Å². The lowest BCUT2D eigenvalue weighted by Crippen LogP contribution is -2.07. The van der Waals surface area contributed by atoms with Gasteiger partial charge in [-0.25, -0.2) is 4.79 Å². The van der Waals surface area contributed by atoms with Crippen molar-refractivity contribution in [1.82, 2.24) is 0 Å². The maximum Gasteiger partial charge on any atom is 0.339 e. The van der Waals surface area contributed by atoms with Crippen LogP contribution < -0.4 is 0 Å². The molecule has 0 saturated heterocycles. The van der Waals surface area contributed by atoms with E-state index in [0.29, 0.717) is 11.1 Å². The van der Waals surface area contributed by atoms with E-state index in [2.05, 4.69) is 18.4 Å². The van der Waals surface area contributed by atoms with Crippen LogP contribution in [0.1, 0.15) is 15.9 Å². The summed E-state index contributed by atoms with van der Waals surface area (Å²) in [6, 6.07) is 6.83. The molecular weight excluding hydrogens is 204 g/mol. The van der Waals surface area contributed by atoms with Crippen molar-refractivity contribution in [2.45, 2.75) is 0 Å². The summed E-state index contributed by atoms with van der Waals surface area (Å²) >= 11 is 0. The Morgan fingerprint density at radius 1 is 1.50 bits per heavy atom. The highest BCUT2D eigenvalue weighted by molar-refractivity contribution is 5.92. The van der Waals surface area contributed by atoms with Gasteiger partial charge in [0.15, 0.2) is 0 Å². The second kappa shape index (κ2) is 6.44. The van der Waals surface area contributed by atoms with Crippen LogP contribution in [0.15, 0.2) is 36.9 Å². The van der Waals surface area contributed by atoms with Gasteiger partial charge in [0.1, 0.15) is 13.2 Å². The molecule has 0 unspecified atom stereocenters. The summed E-state index contributed by atoms with van der Waals surface area (Å²) in [5.41, 5.74) is 0.941. The van der Waals surface area contributed by atoms with E-state index < -0.39 is 5.97 Å². The van der Waals surface area contributed by atoms with Crippen molar-refractivity contribution >= 4 is 5.97 Å². The second-order valence-electron chi connectivity index (χ2n) is 2.89. The number of ether oxygens (including phenoxy) is 1. The Balaban J connectivity index is 2.93. The van der Waals surface area contributed by atoms with Crippen molar-refractivity contribution in [2.75, 3.05) is 13.2 Å². The van der Waals surface area contributed by atoms with E-state index >= 15 is 0 Å². The molecule has 82 valence electrons. The van der Waals surface area contributed by atoms with Crippen LogP contribution >= 0.6 is 0 Å². The van der Waals surface area contributed by atoms with Crippen LogP contribution in [-0.4, -0.2) is 24.3 Å². The molecule has 1 rings (SSSR count). The van der Waals surface area contributed by atoms with Crippen molar-refractivity contribution in [3.63, 3.8) is 0 Å². The third-order valence-electron chi connectivity index (χ3n) is 1.78. The first-order valence-corrected chi connectivity index (χ1v) is 4.76. The van der Waals surface area contributed by atoms with Crippen molar-refractivity contribution in [3.8, 4) is 11.8 Å². The van der Waals surface area contributed by atoms with Gasteiger partial charge in [-0.2, -0.15) is 0 Å². The van der Waals surface area contributed by atoms with E-state index in [-0.39, 0.29) is 13.2 Å². The molecule has 0 aromatic heterocycles. The molecule has 0 atom stereocenters. The minimum atomic E-state index is -0.442. The largest absolute Gasteiger partial charge is 0.458 e. The number of hydrogen-bond donors (Lipinski definition) is 1. The second-order valence-corrected chi connectivity index (χ2v) is 2.89. The molecule has 0 heterocycles. The molecule has 0 spiro atoms. The smallest absolute Gasteiger partial charge is 0.339 e. The first-order chi connectivity index (χ1) is 7.79. The molecule has 0 aliphatic rings. The molecule has 0 aliphatic heterocycles. The number of aliphatic hydroxyl groups excluding tert-OH is 1. The van der Waals surface area contributed by atoms with Gasteiger partial charge in [0, 0.05) is 5.56 Å². The molecule has 1 N–H and O–H groups in total. The van der Waals surface area contributed by atoms with E-state index in [9.17, 15) is 4.79 Å². The fourth-order valence-electron chi connectivity index (χ4n) is 1.12. The third-order valence-corrected chi connectivity index (χ3v) is 1.78. The van der Waals surface area contributed by atoms with E-state index in [1.54, 1.807) is 24.3 Å². The Labute approximate surface area is 94.4 Å². The van der Waals surface area contributed by atoms with Gasteiger partial charge in [-0.15, -0.1) is 0 Å². The number of esters is 1. The lowest BCUT2D eigenvalue weighted by atomic mass is 10.1. The van der Waals surface area contributed by atoms with Gasteiger partial charge >= 0.3 is 5.97 Å². The fraction of sp³-hybridized carbons (Fsp3) is 0.154. The molecule has 0 fully saturated rings. The van der Waals surface area contributed by atoms with Gasteiger partial charge in [0.25, 0.3) is 0 Å². The van der Waals surface area contributed by atoms with E-state index in [4.69, 9.17) is 9.84 Å². The van der Waals surface area contributed by atoms with Crippen LogP contribution in [0.5, 0.6) is 0 Å². The van der Waals surface area contributed by atoms with Crippen molar-refractivity contribution < 1.29 is 14.6 Å². The van der Waals surface area contributed by atoms with Crippen molar-refractivity contribution in [1.29, 1.82) is 0 Å². The Hall–Kier alpha value is -2.05. The minimum Gasteiger partial charge on any atom is -0.458 e. The molecule has 0 amide bonds.